The molecule has 0 radical (unpaired) electrons. The van der Waals surface area contributed by atoms with Gasteiger partial charge in [-0.2, -0.15) is 0 Å². The molecule has 2 unspecified atom stereocenters. The summed E-state index contributed by atoms with van der Waals surface area (Å²) in [7, 11) is 0. The summed E-state index contributed by atoms with van der Waals surface area (Å²) < 4.78 is 0. The standard InChI is InChI=1S/C16H29N3S/c1-7-16(6)10-19(14(8-17-16)11(2)3)9-15-18-12(4)13(5)20-15/h11,14,17H,7-10H2,1-6H3. The largest absolute Gasteiger partial charge is 0.309 e. The van der Waals surface area contributed by atoms with E-state index in [1.54, 1.807) is 0 Å². The number of nitrogens with zero attached hydrogens (tertiary/aromatic N) is 2. The van der Waals surface area contributed by atoms with Crippen LogP contribution in [0.15, 0.2) is 0 Å². The molecule has 0 saturated carbocycles. The van der Waals surface area contributed by atoms with Crippen LogP contribution in [-0.4, -0.2) is 34.6 Å². The van der Waals surface area contributed by atoms with Gasteiger partial charge in [0.05, 0.1) is 12.2 Å². The number of piperazine rings is 1. The fourth-order valence-corrected chi connectivity index (χ4v) is 3.91. The Morgan fingerprint density at radius 3 is 2.65 bits per heavy atom. The molecule has 1 N–H and O–H groups in total. The Bertz CT molecular complexity index is 435. The van der Waals surface area contributed by atoms with E-state index in [1.807, 2.05) is 11.3 Å². The molecule has 1 fully saturated rings. The highest BCUT2D eigenvalue weighted by Crippen LogP contribution is 2.26. The van der Waals surface area contributed by atoms with E-state index in [2.05, 4.69) is 51.8 Å². The first-order valence-electron chi connectivity index (χ1n) is 7.76. The molecule has 2 heterocycles. The van der Waals surface area contributed by atoms with Gasteiger partial charge in [0.2, 0.25) is 0 Å². The zero-order chi connectivity index (χ0) is 14.9. The molecule has 2 rings (SSSR count). The number of aromatic nitrogens is 1. The second-order valence-electron chi connectivity index (χ2n) is 6.76. The van der Waals surface area contributed by atoms with Gasteiger partial charge in [-0.05, 0) is 33.1 Å². The van der Waals surface area contributed by atoms with Crippen LogP contribution in [0.4, 0.5) is 0 Å². The minimum atomic E-state index is 0.243. The van der Waals surface area contributed by atoms with Crippen molar-refractivity contribution in [3.05, 3.63) is 15.6 Å². The molecular formula is C16H29N3S. The van der Waals surface area contributed by atoms with E-state index in [0.717, 1.165) is 19.6 Å². The zero-order valence-electron chi connectivity index (χ0n) is 13.8. The van der Waals surface area contributed by atoms with Crippen molar-refractivity contribution in [1.29, 1.82) is 0 Å². The Hall–Kier alpha value is -0.450. The molecule has 1 saturated heterocycles. The lowest BCUT2D eigenvalue weighted by Gasteiger charge is -2.47. The van der Waals surface area contributed by atoms with Gasteiger partial charge in [0, 0.05) is 29.5 Å². The second kappa shape index (κ2) is 6.12. The maximum Gasteiger partial charge on any atom is 0.107 e. The third kappa shape index (κ3) is 3.41. The van der Waals surface area contributed by atoms with Crippen LogP contribution in [0.5, 0.6) is 0 Å². The first kappa shape index (κ1) is 15.9. The van der Waals surface area contributed by atoms with Gasteiger partial charge < -0.3 is 5.32 Å². The summed E-state index contributed by atoms with van der Waals surface area (Å²) in [6, 6.07) is 0.610. The lowest BCUT2D eigenvalue weighted by atomic mass is 9.90. The molecule has 4 heteroatoms. The Kier molecular flexibility index (Phi) is 4.88. The minimum Gasteiger partial charge on any atom is -0.309 e. The number of thiazole rings is 1. The fourth-order valence-electron chi connectivity index (χ4n) is 2.95. The molecule has 114 valence electrons. The molecule has 2 atom stereocenters. The highest BCUT2D eigenvalue weighted by Gasteiger charge is 2.36. The van der Waals surface area contributed by atoms with Crippen molar-refractivity contribution in [2.24, 2.45) is 5.92 Å². The van der Waals surface area contributed by atoms with Gasteiger partial charge in [0.25, 0.3) is 0 Å². The quantitative estimate of drug-likeness (QED) is 0.923. The number of nitrogens with one attached hydrogen (secondary N) is 1. The maximum absolute atomic E-state index is 4.73. The number of hydrogen-bond acceptors (Lipinski definition) is 4. The van der Waals surface area contributed by atoms with Crippen LogP contribution in [0, 0.1) is 19.8 Å². The van der Waals surface area contributed by atoms with E-state index in [9.17, 15) is 0 Å². The average Bonchev–Trinajstić information content (AvgIpc) is 2.68. The first-order valence-corrected chi connectivity index (χ1v) is 8.58. The van der Waals surface area contributed by atoms with Crippen molar-refractivity contribution in [3.63, 3.8) is 0 Å². The van der Waals surface area contributed by atoms with Gasteiger partial charge in [-0.3, -0.25) is 4.90 Å². The topological polar surface area (TPSA) is 28.2 Å². The number of aryl methyl sites for hydroxylation is 2. The molecular weight excluding hydrogens is 266 g/mol. The van der Waals surface area contributed by atoms with Crippen molar-refractivity contribution in [1.82, 2.24) is 15.2 Å². The summed E-state index contributed by atoms with van der Waals surface area (Å²) in [4.78, 5) is 8.73. The predicted octanol–water partition coefficient (Wildman–Crippen LogP) is 3.36. The van der Waals surface area contributed by atoms with E-state index in [-0.39, 0.29) is 5.54 Å². The predicted molar refractivity (Wildman–Crippen MR) is 87.3 cm³/mol. The van der Waals surface area contributed by atoms with Crippen molar-refractivity contribution in [3.8, 4) is 0 Å². The summed E-state index contributed by atoms with van der Waals surface area (Å²) >= 11 is 1.86. The monoisotopic (exact) mass is 295 g/mol. The molecule has 1 aliphatic heterocycles. The van der Waals surface area contributed by atoms with Crippen LogP contribution in [0.25, 0.3) is 0 Å². The van der Waals surface area contributed by atoms with Gasteiger partial charge in [0.15, 0.2) is 0 Å². The van der Waals surface area contributed by atoms with Crippen LogP contribution in [0.1, 0.15) is 49.7 Å². The molecule has 0 aromatic carbocycles. The normalized spacial score (nSPS) is 28.2. The van der Waals surface area contributed by atoms with Crippen molar-refractivity contribution >= 4 is 11.3 Å². The third-order valence-corrected chi connectivity index (χ3v) is 5.78. The average molecular weight is 295 g/mol. The molecule has 1 aromatic rings. The van der Waals surface area contributed by atoms with Crippen molar-refractivity contribution in [2.45, 2.75) is 66.1 Å². The van der Waals surface area contributed by atoms with Crippen LogP contribution >= 0.6 is 11.3 Å². The fraction of sp³-hybridized carbons (Fsp3) is 0.812. The maximum atomic E-state index is 4.73. The molecule has 1 aromatic heterocycles. The molecule has 0 spiro atoms. The van der Waals surface area contributed by atoms with E-state index < -0.39 is 0 Å². The van der Waals surface area contributed by atoms with Gasteiger partial charge in [-0.25, -0.2) is 4.98 Å². The zero-order valence-corrected chi connectivity index (χ0v) is 14.6. The number of rotatable bonds is 4. The summed E-state index contributed by atoms with van der Waals surface area (Å²) in [5, 5.41) is 5.02. The first-order chi connectivity index (χ1) is 9.34. The van der Waals surface area contributed by atoms with Crippen molar-refractivity contribution < 1.29 is 0 Å². The molecule has 20 heavy (non-hydrogen) atoms. The van der Waals surface area contributed by atoms with Crippen LogP contribution in [-0.2, 0) is 6.54 Å². The number of hydrogen-bond donors (Lipinski definition) is 1. The highest BCUT2D eigenvalue weighted by molar-refractivity contribution is 7.11. The Morgan fingerprint density at radius 2 is 2.15 bits per heavy atom. The second-order valence-corrected chi connectivity index (χ2v) is 8.05. The van der Waals surface area contributed by atoms with Gasteiger partial charge in [0.1, 0.15) is 5.01 Å². The highest BCUT2D eigenvalue weighted by atomic mass is 32.1. The van der Waals surface area contributed by atoms with E-state index in [0.29, 0.717) is 12.0 Å². The van der Waals surface area contributed by atoms with Crippen LogP contribution in [0.2, 0.25) is 0 Å². The van der Waals surface area contributed by atoms with Crippen LogP contribution in [0.3, 0.4) is 0 Å². The summed E-state index contributed by atoms with van der Waals surface area (Å²) in [5.74, 6) is 0.672. The third-order valence-electron chi connectivity index (χ3n) is 4.72. The molecule has 0 bridgehead atoms. The molecule has 3 nitrogen and oxygen atoms in total. The lowest BCUT2D eigenvalue weighted by molar-refractivity contribution is 0.0538. The lowest BCUT2D eigenvalue weighted by Crippen LogP contribution is -2.63. The molecule has 1 aliphatic rings. The summed E-state index contributed by atoms with van der Waals surface area (Å²) in [6.07, 6.45) is 1.17. The minimum absolute atomic E-state index is 0.243. The van der Waals surface area contributed by atoms with Crippen molar-refractivity contribution in [2.75, 3.05) is 13.1 Å². The Morgan fingerprint density at radius 1 is 1.45 bits per heavy atom. The summed E-state index contributed by atoms with van der Waals surface area (Å²) in [5.41, 5.74) is 1.44. The summed E-state index contributed by atoms with van der Waals surface area (Å²) in [6.45, 7) is 16.8. The Balaban J connectivity index is 2.15. The smallest absolute Gasteiger partial charge is 0.107 e. The molecule has 0 aliphatic carbocycles. The van der Waals surface area contributed by atoms with Gasteiger partial charge in [-0.1, -0.05) is 20.8 Å². The Labute approximate surface area is 127 Å². The van der Waals surface area contributed by atoms with Gasteiger partial charge in [-0.15, -0.1) is 11.3 Å². The van der Waals surface area contributed by atoms with E-state index in [1.165, 1.54) is 22.0 Å². The van der Waals surface area contributed by atoms with E-state index >= 15 is 0 Å². The molecule has 0 amide bonds. The van der Waals surface area contributed by atoms with Crippen LogP contribution < -0.4 is 5.32 Å². The van der Waals surface area contributed by atoms with E-state index in [4.69, 9.17) is 4.98 Å². The van der Waals surface area contributed by atoms with Gasteiger partial charge >= 0.3 is 0 Å². The SMILES string of the molecule is CCC1(C)CN(Cc2nc(C)c(C)s2)C(C(C)C)CN1.